The molecule has 4 nitrogen and oxygen atoms in total. The quantitative estimate of drug-likeness (QED) is 0.724. The molecule has 0 aromatic carbocycles. The predicted octanol–water partition coefficient (Wildman–Crippen LogP) is 1.64. The number of aromatic nitrogens is 2. The Morgan fingerprint density at radius 2 is 2.24 bits per heavy atom. The number of aromatic amines is 1. The topological polar surface area (TPSA) is 49.9 Å². The van der Waals surface area contributed by atoms with Gasteiger partial charge in [-0.15, -0.1) is 0 Å². The summed E-state index contributed by atoms with van der Waals surface area (Å²) in [6.07, 6.45) is -2.25. The van der Waals surface area contributed by atoms with Crippen LogP contribution in [-0.2, 0) is 17.7 Å². The van der Waals surface area contributed by atoms with Gasteiger partial charge in [0.05, 0.1) is 6.61 Å². The zero-order valence-electron chi connectivity index (χ0n) is 9.60. The molecule has 0 fully saturated rings. The van der Waals surface area contributed by atoms with Crippen LogP contribution in [0.5, 0.6) is 0 Å². The van der Waals surface area contributed by atoms with Gasteiger partial charge in [-0.25, -0.2) is 4.98 Å². The van der Waals surface area contributed by atoms with Crippen LogP contribution in [-0.4, -0.2) is 35.9 Å². The summed E-state index contributed by atoms with van der Waals surface area (Å²) >= 11 is 0. The second kappa shape index (κ2) is 6.61. The van der Waals surface area contributed by atoms with Crippen LogP contribution in [0.25, 0.3) is 0 Å². The van der Waals surface area contributed by atoms with E-state index in [0.717, 1.165) is 12.2 Å². The summed E-state index contributed by atoms with van der Waals surface area (Å²) in [5.74, 6) is 0.639. The average molecular weight is 251 g/mol. The molecule has 7 heteroatoms. The van der Waals surface area contributed by atoms with Gasteiger partial charge in [-0.3, -0.25) is 0 Å². The summed E-state index contributed by atoms with van der Waals surface area (Å²) in [6.45, 7) is 2.31. The molecule has 0 aliphatic rings. The van der Waals surface area contributed by atoms with Gasteiger partial charge in [0.2, 0.25) is 0 Å². The van der Waals surface area contributed by atoms with Gasteiger partial charge in [0.1, 0.15) is 12.4 Å². The predicted molar refractivity (Wildman–Crippen MR) is 56.5 cm³/mol. The smallest absolute Gasteiger partial charge is 0.372 e. The minimum Gasteiger partial charge on any atom is -0.372 e. The molecule has 17 heavy (non-hydrogen) atoms. The van der Waals surface area contributed by atoms with Crippen LogP contribution in [0.15, 0.2) is 6.20 Å². The molecule has 0 spiro atoms. The summed E-state index contributed by atoms with van der Waals surface area (Å²) in [7, 11) is 0. The van der Waals surface area contributed by atoms with Crippen LogP contribution in [0.1, 0.15) is 18.4 Å². The molecular weight excluding hydrogens is 235 g/mol. The van der Waals surface area contributed by atoms with Gasteiger partial charge in [0, 0.05) is 24.9 Å². The van der Waals surface area contributed by atoms with Crippen LogP contribution >= 0.6 is 0 Å². The SMILES string of the molecule is CCNCc1cnc(CCOCC(F)(F)F)[nH]1. The lowest BCUT2D eigenvalue weighted by molar-refractivity contribution is -0.173. The van der Waals surface area contributed by atoms with Crippen molar-refractivity contribution in [3.63, 3.8) is 0 Å². The molecule has 1 rings (SSSR count). The Kier molecular flexibility index (Phi) is 5.43. The molecule has 1 aromatic rings. The summed E-state index contributed by atoms with van der Waals surface area (Å²) in [4.78, 5) is 7.06. The van der Waals surface area contributed by atoms with Crippen LogP contribution in [0.4, 0.5) is 13.2 Å². The third kappa shape index (κ3) is 6.28. The molecule has 0 radical (unpaired) electrons. The summed E-state index contributed by atoms with van der Waals surface area (Å²) in [5.41, 5.74) is 0.915. The Bertz CT molecular complexity index is 325. The first-order chi connectivity index (χ1) is 8.01. The first kappa shape index (κ1) is 14.0. The fourth-order valence-electron chi connectivity index (χ4n) is 1.24. The van der Waals surface area contributed by atoms with Crippen molar-refractivity contribution >= 4 is 0 Å². The second-order valence-corrected chi connectivity index (χ2v) is 3.55. The van der Waals surface area contributed by atoms with E-state index < -0.39 is 12.8 Å². The Morgan fingerprint density at radius 3 is 2.88 bits per heavy atom. The summed E-state index contributed by atoms with van der Waals surface area (Å²) in [6, 6.07) is 0. The van der Waals surface area contributed by atoms with E-state index in [9.17, 15) is 13.2 Å². The zero-order chi connectivity index (χ0) is 12.7. The first-order valence-corrected chi connectivity index (χ1v) is 5.39. The Labute approximate surface area is 97.6 Å². The molecule has 0 atom stereocenters. The summed E-state index contributed by atoms with van der Waals surface area (Å²) < 4.78 is 39.8. The molecule has 98 valence electrons. The van der Waals surface area contributed by atoms with Crippen LogP contribution in [0, 0.1) is 0 Å². The molecule has 2 N–H and O–H groups in total. The van der Waals surface area contributed by atoms with E-state index in [0.29, 0.717) is 18.8 Å². The van der Waals surface area contributed by atoms with E-state index in [-0.39, 0.29) is 6.61 Å². The van der Waals surface area contributed by atoms with Gasteiger partial charge < -0.3 is 15.0 Å². The lowest BCUT2D eigenvalue weighted by Crippen LogP contribution is -2.18. The van der Waals surface area contributed by atoms with Crippen LogP contribution in [0.3, 0.4) is 0 Å². The molecule has 0 saturated heterocycles. The fraction of sp³-hybridized carbons (Fsp3) is 0.700. The molecule has 0 bridgehead atoms. The number of hydrogen-bond acceptors (Lipinski definition) is 3. The average Bonchev–Trinajstić information content (AvgIpc) is 2.68. The van der Waals surface area contributed by atoms with Gasteiger partial charge >= 0.3 is 6.18 Å². The van der Waals surface area contributed by atoms with E-state index in [1.807, 2.05) is 6.92 Å². The van der Waals surface area contributed by atoms with Crippen molar-refractivity contribution in [2.45, 2.75) is 26.1 Å². The number of H-pyrrole nitrogens is 1. The number of nitrogens with zero attached hydrogens (tertiary/aromatic N) is 1. The second-order valence-electron chi connectivity index (χ2n) is 3.55. The Morgan fingerprint density at radius 1 is 1.47 bits per heavy atom. The van der Waals surface area contributed by atoms with Crippen molar-refractivity contribution in [1.82, 2.24) is 15.3 Å². The van der Waals surface area contributed by atoms with Crippen molar-refractivity contribution < 1.29 is 17.9 Å². The number of rotatable bonds is 7. The van der Waals surface area contributed by atoms with E-state index >= 15 is 0 Å². The minimum absolute atomic E-state index is 0.00761. The maximum atomic E-state index is 11.8. The van der Waals surface area contributed by atoms with Crippen molar-refractivity contribution in [3.8, 4) is 0 Å². The first-order valence-electron chi connectivity index (χ1n) is 5.39. The van der Waals surface area contributed by atoms with Gasteiger partial charge in [0.15, 0.2) is 0 Å². The normalized spacial score (nSPS) is 12.0. The number of imidazole rings is 1. The molecule has 0 aliphatic heterocycles. The maximum absolute atomic E-state index is 11.8. The highest BCUT2D eigenvalue weighted by molar-refractivity contribution is 5.01. The van der Waals surface area contributed by atoms with Crippen molar-refractivity contribution in [2.24, 2.45) is 0 Å². The van der Waals surface area contributed by atoms with Gasteiger partial charge in [0.25, 0.3) is 0 Å². The van der Waals surface area contributed by atoms with Gasteiger partial charge in [-0.2, -0.15) is 13.2 Å². The standard InChI is InChI=1S/C10H16F3N3O/c1-2-14-5-8-6-15-9(16-8)3-4-17-7-10(11,12)13/h6,14H,2-5,7H2,1H3,(H,15,16). The molecule has 0 unspecified atom stereocenters. The van der Waals surface area contributed by atoms with E-state index in [1.54, 1.807) is 6.20 Å². The lowest BCUT2D eigenvalue weighted by Gasteiger charge is -2.06. The van der Waals surface area contributed by atoms with Crippen LogP contribution in [0.2, 0.25) is 0 Å². The van der Waals surface area contributed by atoms with Crippen LogP contribution < -0.4 is 5.32 Å². The molecular formula is C10H16F3N3O. The van der Waals surface area contributed by atoms with Crippen molar-refractivity contribution in [1.29, 1.82) is 0 Å². The largest absolute Gasteiger partial charge is 0.411 e. The number of nitrogens with one attached hydrogen (secondary N) is 2. The highest BCUT2D eigenvalue weighted by atomic mass is 19.4. The van der Waals surface area contributed by atoms with Crippen molar-refractivity contribution in [3.05, 3.63) is 17.7 Å². The molecule has 0 saturated carbocycles. The van der Waals surface area contributed by atoms with E-state index in [2.05, 4.69) is 20.0 Å². The lowest BCUT2D eigenvalue weighted by atomic mass is 10.4. The van der Waals surface area contributed by atoms with E-state index in [1.165, 1.54) is 0 Å². The monoisotopic (exact) mass is 251 g/mol. The Hall–Kier alpha value is -1.08. The third-order valence-corrected chi connectivity index (χ3v) is 2.00. The molecule has 0 aliphatic carbocycles. The highest BCUT2D eigenvalue weighted by Gasteiger charge is 2.27. The molecule has 0 amide bonds. The number of ether oxygens (including phenoxy) is 1. The van der Waals surface area contributed by atoms with Gasteiger partial charge in [-0.05, 0) is 6.54 Å². The molecule has 1 heterocycles. The number of alkyl halides is 3. The Balaban J connectivity index is 2.21. The van der Waals surface area contributed by atoms with Gasteiger partial charge in [-0.1, -0.05) is 6.92 Å². The number of hydrogen-bond donors (Lipinski definition) is 2. The minimum atomic E-state index is -4.26. The third-order valence-electron chi connectivity index (χ3n) is 2.00. The zero-order valence-corrected chi connectivity index (χ0v) is 9.60. The molecule has 1 aromatic heterocycles. The number of halogens is 3. The van der Waals surface area contributed by atoms with E-state index in [4.69, 9.17) is 0 Å². The summed E-state index contributed by atoms with van der Waals surface area (Å²) in [5, 5.41) is 3.11. The van der Waals surface area contributed by atoms with Crippen molar-refractivity contribution in [2.75, 3.05) is 19.8 Å². The maximum Gasteiger partial charge on any atom is 0.411 e. The highest BCUT2D eigenvalue weighted by Crippen LogP contribution is 2.14. The fourth-order valence-corrected chi connectivity index (χ4v) is 1.24.